The lowest BCUT2D eigenvalue weighted by atomic mass is 9.93. The number of halogens is 2. The summed E-state index contributed by atoms with van der Waals surface area (Å²) in [5, 5.41) is 9.17. The Balaban J connectivity index is 0.00000200. The molecule has 5 rings (SSSR count). The van der Waals surface area contributed by atoms with Crippen LogP contribution in [0.25, 0.3) is 10.9 Å². The summed E-state index contributed by atoms with van der Waals surface area (Å²) in [6.45, 7) is 9.91. The van der Waals surface area contributed by atoms with Crippen LogP contribution < -0.4 is 0 Å². The number of carbonyl (C=O) groups excluding carboxylic acids is 1. The minimum absolute atomic E-state index is 0. The molecule has 1 amide bonds. The van der Waals surface area contributed by atoms with E-state index in [1.165, 1.54) is 11.1 Å². The van der Waals surface area contributed by atoms with Gasteiger partial charge in [0, 0.05) is 68.2 Å². The lowest BCUT2D eigenvalue weighted by Crippen LogP contribution is -2.48. The first-order chi connectivity index (χ1) is 17.7. The molecular weight excluding hydrogens is 521 g/mol. The topological polar surface area (TPSA) is 70.4 Å². The summed E-state index contributed by atoms with van der Waals surface area (Å²) in [6, 6.07) is 18.8. The van der Waals surface area contributed by atoms with Crippen LogP contribution in [0.2, 0.25) is 0 Å². The van der Waals surface area contributed by atoms with Crippen LogP contribution in [-0.4, -0.2) is 79.9 Å². The molecule has 4 aromatic rings. The first-order valence-electron chi connectivity index (χ1n) is 12.7. The molecule has 1 aliphatic heterocycles. The molecule has 1 fully saturated rings. The summed E-state index contributed by atoms with van der Waals surface area (Å²) in [5.41, 5.74) is 4.13. The molecule has 0 radical (unpaired) electrons. The first-order valence-corrected chi connectivity index (χ1v) is 12.7. The van der Waals surface area contributed by atoms with E-state index in [1.54, 1.807) is 6.20 Å². The molecule has 0 bridgehead atoms. The quantitative estimate of drug-likeness (QED) is 0.318. The molecular formula is C28H35Cl2N7O. The van der Waals surface area contributed by atoms with Crippen molar-refractivity contribution in [1.29, 1.82) is 0 Å². The number of piperazine rings is 1. The van der Waals surface area contributed by atoms with E-state index in [0.29, 0.717) is 13.1 Å². The molecule has 38 heavy (non-hydrogen) atoms. The fraction of sp³-hybridized carbons (Fsp3) is 0.357. The van der Waals surface area contributed by atoms with Crippen molar-refractivity contribution in [3.05, 3.63) is 89.9 Å². The molecule has 8 nitrogen and oxygen atoms in total. The van der Waals surface area contributed by atoms with E-state index in [0.717, 1.165) is 49.3 Å². The Labute approximate surface area is 236 Å². The van der Waals surface area contributed by atoms with Crippen LogP contribution in [-0.2, 0) is 6.67 Å². The highest BCUT2D eigenvalue weighted by atomic mass is 35.5. The Morgan fingerprint density at radius 2 is 1.63 bits per heavy atom. The fourth-order valence-electron chi connectivity index (χ4n) is 5.11. The number of carbonyl (C=O) groups is 1. The molecule has 0 aliphatic carbocycles. The Morgan fingerprint density at radius 3 is 2.29 bits per heavy atom. The fourth-order valence-corrected chi connectivity index (χ4v) is 5.11. The van der Waals surface area contributed by atoms with Gasteiger partial charge in [0.1, 0.15) is 0 Å². The lowest BCUT2D eigenvalue weighted by Gasteiger charge is -2.39. The van der Waals surface area contributed by atoms with Crippen molar-refractivity contribution in [3.63, 3.8) is 0 Å². The molecule has 2 aromatic heterocycles. The third kappa shape index (κ3) is 6.32. The monoisotopic (exact) mass is 555 g/mol. The second kappa shape index (κ2) is 13.7. The van der Waals surface area contributed by atoms with E-state index in [9.17, 15) is 4.79 Å². The predicted molar refractivity (Wildman–Crippen MR) is 155 cm³/mol. The van der Waals surface area contributed by atoms with Gasteiger partial charge in [0.05, 0.1) is 24.4 Å². The van der Waals surface area contributed by atoms with E-state index >= 15 is 0 Å². The van der Waals surface area contributed by atoms with E-state index in [4.69, 9.17) is 4.98 Å². The van der Waals surface area contributed by atoms with E-state index in [-0.39, 0.29) is 36.8 Å². The van der Waals surface area contributed by atoms with Gasteiger partial charge in [-0.2, -0.15) is 0 Å². The van der Waals surface area contributed by atoms with Crippen molar-refractivity contribution in [2.45, 2.75) is 26.6 Å². The molecule has 2 aromatic carbocycles. The van der Waals surface area contributed by atoms with Crippen molar-refractivity contribution >= 4 is 41.6 Å². The predicted octanol–water partition coefficient (Wildman–Crippen LogP) is 4.52. The van der Waals surface area contributed by atoms with Crippen LogP contribution >= 0.6 is 24.8 Å². The summed E-state index contributed by atoms with van der Waals surface area (Å²) in [7, 11) is 0. The summed E-state index contributed by atoms with van der Waals surface area (Å²) in [5.74, 6) is 0.0802. The van der Waals surface area contributed by atoms with Crippen LogP contribution in [0.4, 0.5) is 0 Å². The molecule has 0 spiro atoms. The minimum Gasteiger partial charge on any atom is -0.339 e. The number of nitrogens with zero attached hydrogens (tertiary/aromatic N) is 7. The van der Waals surface area contributed by atoms with Crippen molar-refractivity contribution in [2.24, 2.45) is 0 Å². The smallest absolute Gasteiger partial charge is 0.253 e. The average Bonchev–Trinajstić information content (AvgIpc) is 3.44. The highest BCUT2D eigenvalue weighted by Gasteiger charge is 2.28. The molecule has 3 heterocycles. The largest absolute Gasteiger partial charge is 0.339 e. The maximum Gasteiger partial charge on any atom is 0.253 e. The van der Waals surface area contributed by atoms with Gasteiger partial charge in [-0.15, -0.1) is 29.9 Å². The minimum atomic E-state index is 0. The third-order valence-corrected chi connectivity index (χ3v) is 7.07. The van der Waals surface area contributed by atoms with Gasteiger partial charge in [-0.1, -0.05) is 41.6 Å². The molecule has 1 saturated heterocycles. The number of hydrogen-bond acceptors (Lipinski definition) is 6. The van der Waals surface area contributed by atoms with Crippen LogP contribution in [0.5, 0.6) is 0 Å². The Hall–Kier alpha value is -3.04. The van der Waals surface area contributed by atoms with Gasteiger partial charge in [0.2, 0.25) is 0 Å². The average molecular weight is 557 g/mol. The Morgan fingerprint density at radius 1 is 0.921 bits per heavy atom. The van der Waals surface area contributed by atoms with E-state index < -0.39 is 0 Å². The first kappa shape index (κ1) is 29.5. The number of aromatic nitrogens is 4. The van der Waals surface area contributed by atoms with Gasteiger partial charge in [-0.05, 0) is 37.6 Å². The molecule has 0 N–H and O–H groups in total. The van der Waals surface area contributed by atoms with Crippen LogP contribution in [0.15, 0.2) is 73.2 Å². The van der Waals surface area contributed by atoms with E-state index in [1.807, 2.05) is 54.0 Å². The highest BCUT2D eigenvalue weighted by Crippen LogP contribution is 2.34. The Bertz CT molecular complexity index is 1280. The van der Waals surface area contributed by atoms with Crippen LogP contribution in [0.3, 0.4) is 0 Å². The summed E-state index contributed by atoms with van der Waals surface area (Å²) >= 11 is 0. The van der Waals surface area contributed by atoms with Crippen molar-refractivity contribution in [3.8, 4) is 0 Å². The van der Waals surface area contributed by atoms with Crippen LogP contribution in [0.1, 0.15) is 41.4 Å². The molecule has 202 valence electrons. The molecule has 0 saturated carbocycles. The number of para-hydroxylation sites is 1. The molecule has 1 atom stereocenters. The van der Waals surface area contributed by atoms with Crippen LogP contribution in [0, 0.1) is 0 Å². The maximum absolute atomic E-state index is 12.9. The summed E-state index contributed by atoms with van der Waals surface area (Å²) < 4.78 is 1.87. The zero-order valence-electron chi connectivity index (χ0n) is 21.8. The number of benzene rings is 2. The second-order valence-electron chi connectivity index (χ2n) is 9.16. The highest BCUT2D eigenvalue weighted by molar-refractivity contribution is 5.94. The number of fused-ring (bicyclic) bond motifs is 1. The van der Waals surface area contributed by atoms with Crippen molar-refractivity contribution in [1.82, 2.24) is 34.7 Å². The lowest BCUT2D eigenvalue weighted by molar-refractivity contribution is 0.0772. The Kier molecular flexibility index (Phi) is 10.6. The normalized spacial score (nSPS) is 14.9. The van der Waals surface area contributed by atoms with E-state index in [2.05, 4.69) is 56.5 Å². The molecule has 10 heteroatoms. The molecule has 1 unspecified atom stereocenters. The van der Waals surface area contributed by atoms with Gasteiger partial charge in [0.25, 0.3) is 5.91 Å². The number of amides is 1. The number of hydrogen-bond donors (Lipinski definition) is 0. The SMILES string of the molecule is CCN(CC)C(=O)c1ccc(C(c2cccc3cccnc23)N2CCN(Cn3ccnn3)CC2)cc1.Cl.Cl. The maximum atomic E-state index is 12.9. The number of rotatable bonds is 8. The summed E-state index contributed by atoms with van der Waals surface area (Å²) in [6.07, 6.45) is 5.48. The zero-order valence-corrected chi connectivity index (χ0v) is 23.4. The van der Waals surface area contributed by atoms with Gasteiger partial charge >= 0.3 is 0 Å². The van der Waals surface area contributed by atoms with Gasteiger partial charge < -0.3 is 4.90 Å². The van der Waals surface area contributed by atoms with Crippen molar-refractivity contribution < 1.29 is 4.79 Å². The van der Waals surface area contributed by atoms with Gasteiger partial charge in [-0.25, -0.2) is 4.68 Å². The standard InChI is InChI=1S/C28H33N7O.2ClH/c1-3-33(4-2)28(36)24-12-10-23(11-13-24)27(25-9-5-7-22-8-6-14-29-26(22)25)34-19-17-32(18-20-34)21-35-16-15-30-31-35;;/h5-16,27H,3-4,17-21H2,1-2H3;2*1H. The van der Waals surface area contributed by atoms with Gasteiger partial charge in [-0.3, -0.25) is 19.6 Å². The third-order valence-electron chi connectivity index (χ3n) is 7.07. The second-order valence-corrected chi connectivity index (χ2v) is 9.16. The van der Waals surface area contributed by atoms with Crippen molar-refractivity contribution in [2.75, 3.05) is 39.3 Å². The molecule has 1 aliphatic rings. The summed E-state index contributed by atoms with van der Waals surface area (Å²) in [4.78, 5) is 24.4. The zero-order chi connectivity index (χ0) is 24.9. The number of pyridine rings is 1. The van der Waals surface area contributed by atoms with Gasteiger partial charge in [0.15, 0.2) is 0 Å².